The summed E-state index contributed by atoms with van der Waals surface area (Å²) in [5, 5.41) is 3.33. The van der Waals surface area contributed by atoms with Gasteiger partial charge in [-0.2, -0.15) is 0 Å². The van der Waals surface area contributed by atoms with E-state index in [1.165, 1.54) is 0 Å². The van der Waals surface area contributed by atoms with Gasteiger partial charge < -0.3 is 10.1 Å². The van der Waals surface area contributed by atoms with Crippen molar-refractivity contribution in [2.45, 2.75) is 19.4 Å². The summed E-state index contributed by atoms with van der Waals surface area (Å²) in [5.74, 6) is 0.631. The van der Waals surface area contributed by atoms with Crippen LogP contribution in [0.1, 0.15) is 13.3 Å². The van der Waals surface area contributed by atoms with Crippen LogP contribution in [0.3, 0.4) is 0 Å². The van der Waals surface area contributed by atoms with Crippen molar-refractivity contribution < 1.29 is 9.53 Å². The maximum Gasteiger partial charge on any atom is 0.228 e. The molecule has 1 atom stereocenters. The van der Waals surface area contributed by atoms with E-state index < -0.39 is 0 Å². The largest absolute Gasteiger partial charge is 0.488 e. The monoisotopic (exact) mass is 211 g/mol. The second kappa shape index (κ2) is 3.50. The smallest absolute Gasteiger partial charge is 0.228 e. The number of ether oxygens (including phenoxy) is 1. The highest BCUT2D eigenvalue weighted by Crippen LogP contribution is 2.31. The Bertz CT molecular complexity index is 378. The van der Waals surface area contributed by atoms with E-state index in [4.69, 9.17) is 16.3 Å². The molecule has 0 saturated heterocycles. The zero-order chi connectivity index (χ0) is 10.1. The van der Waals surface area contributed by atoms with Gasteiger partial charge in [0, 0.05) is 5.02 Å². The van der Waals surface area contributed by atoms with Crippen molar-refractivity contribution in [3.63, 3.8) is 0 Å². The Labute approximate surface area is 87.0 Å². The van der Waals surface area contributed by atoms with Gasteiger partial charge in [-0.25, -0.2) is 0 Å². The fraction of sp³-hybridized carbons (Fsp3) is 0.300. The lowest BCUT2D eigenvalue weighted by molar-refractivity contribution is -0.117. The van der Waals surface area contributed by atoms with Crippen LogP contribution in [0.15, 0.2) is 18.2 Å². The molecule has 0 aliphatic carbocycles. The molecule has 1 aromatic rings. The molecular weight excluding hydrogens is 202 g/mol. The molecule has 0 unspecified atom stereocenters. The molecular formula is C10H10ClNO2. The minimum absolute atomic E-state index is 0.0430. The van der Waals surface area contributed by atoms with Crippen molar-refractivity contribution in [3.8, 4) is 5.75 Å². The fourth-order valence-electron chi connectivity index (χ4n) is 1.42. The zero-order valence-electron chi connectivity index (χ0n) is 7.71. The fourth-order valence-corrected chi connectivity index (χ4v) is 1.60. The number of halogens is 1. The third-order valence-corrected chi connectivity index (χ3v) is 2.25. The van der Waals surface area contributed by atoms with Crippen LogP contribution < -0.4 is 10.1 Å². The number of carbonyl (C=O) groups is 1. The predicted octanol–water partition coefficient (Wildman–Crippen LogP) is 2.45. The molecule has 0 spiro atoms. The molecule has 1 aliphatic rings. The Balaban J connectivity index is 2.41. The van der Waals surface area contributed by atoms with Crippen LogP contribution in [0.4, 0.5) is 5.69 Å². The summed E-state index contributed by atoms with van der Waals surface area (Å²) in [7, 11) is 0. The van der Waals surface area contributed by atoms with Crippen molar-refractivity contribution in [2.75, 3.05) is 5.32 Å². The first-order chi connectivity index (χ1) is 6.65. The van der Waals surface area contributed by atoms with Gasteiger partial charge >= 0.3 is 0 Å². The van der Waals surface area contributed by atoms with Gasteiger partial charge in [-0.05, 0) is 25.1 Å². The Morgan fingerprint density at radius 2 is 2.36 bits per heavy atom. The molecule has 0 aromatic heterocycles. The van der Waals surface area contributed by atoms with Gasteiger partial charge in [0.15, 0.2) is 0 Å². The third-order valence-electron chi connectivity index (χ3n) is 2.02. The molecule has 14 heavy (non-hydrogen) atoms. The quantitative estimate of drug-likeness (QED) is 0.716. The number of carbonyl (C=O) groups excluding carboxylic acids is 1. The highest BCUT2D eigenvalue weighted by Gasteiger charge is 2.18. The summed E-state index contributed by atoms with van der Waals surface area (Å²) in [5.41, 5.74) is 0.645. The molecule has 3 nitrogen and oxygen atoms in total. The van der Waals surface area contributed by atoms with Gasteiger partial charge in [-0.15, -0.1) is 0 Å². The molecule has 1 N–H and O–H groups in total. The van der Waals surface area contributed by atoms with Gasteiger partial charge in [-0.1, -0.05) is 11.6 Å². The molecule has 1 aliphatic heterocycles. The number of hydrogen-bond donors (Lipinski definition) is 1. The molecule has 1 amide bonds. The summed E-state index contributed by atoms with van der Waals surface area (Å²) in [6, 6.07) is 5.19. The maximum atomic E-state index is 11.3. The second-order valence-corrected chi connectivity index (χ2v) is 3.76. The van der Waals surface area contributed by atoms with Gasteiger partial charge in [0.05, 0.1) is 12.1 Å². The minimum Gasteiger partial charge on any atom is -0.488 e. The van der Waals surface area contributed by atoms with E-state index in [0.717, 1.165) is 0 Å². The van der Waals surface area contributed by atoms with E-state index in [1.807, 2.05) is 6.92 Å². The first-order valence-corrected chi connectivity index (χ1v) is 4.79. The molecule has 0 radical (unpaired) electrons. The number of fused-ring (bicyclic) bond motifs is 1. The minimum atomic E-state index is -0.0996. The Hall–Kier alpha value is -1.22. The van der Waals surface area contributed by atoms with E-state index >= 15 is 0 Å². The molecule has 0 fully saturated rings. The zero-order valence-corrected chi connectivity index (χ0v) is 8.47. The lowest BCUT2D eigenvalue weighted by Gasteiger charge is -2.10. The van der Waals surface area contributed by atoms with E-state index in [0.29, 0.717) is 22.9 Å². The average Bonchev–Trinajstić information content (AvgIpc) is 2.21. The van der Waals surface area contributed by atoms with Crippen molar-refractivity contribution in [2.24, 2.45) is 0 Å². The van der Waals surface area contributed by atoms with Gasteiger partial charge in [0.25, 0.3) is 0 Å². The topological polar surface area (TPSA) is 38.3 Å². The van der Waals surface area contributed by atoms with Crippen LogP contribution in [0.2, 0.25) is 5.02 Å². The highest BCUT2D eigenvalue weighted by molar-refractivity contribution is 6.31. The van der Waals surface area contributed by atoms with Crippen LogP contribution in [-0.2, 0) is 4.79 Å². The van der Waals surface area contributed by atoms with Crippen LogP contribution in [-0.4, -0.2) is 12.0 Å². The summed E-state index contributed by atoms with van der Waals surface area (Å²) in [6.45, 7) is 1.86. The summed E-state index contributed by atoms with van der Waals surface area (Å²) < 4.78 is 5.54. The van der Waals surface area contributed by atoms with Crippen molar-refractivity contribution in [3.05, 3.63) is 23.2 Å². The molecule has 1 aromatic carbocycles. The summed E-state index contributed by atoms with van der Waals surface area (Å²) in [6.07, 6.45) is 0.268. The van der Waals surface area contributed by atoms with Crippen LogP contribution in [0.5, 0.6) is 5.75 Å². The van der Waals surface area contributed by atoms with Crippen LogP contribution in [0, 0.1) is 0 Å². The molecule has 0 bridgehead atoms. The van der Waals surface area contributed by atoms with E-state index in [1.54, 1.807) is 18.2 Å². The lowest BCUT2D eigenvalue weighted by Crippen LogP contribution is -2.17. The van der Waals surface area contributed by atoms with E-state index in [9.17, 15) is 4.79 Å². The van der Waals surface area contributed by atoms with Gasteiger partial charge in [0.1, 0.15) is 11.9 Å². The maximum absolute atomic E-state index is 11.3. The predicted molar refractivity (Wildman–Crippen MR) is 54.8 cm³/mol. The number of benzene rings is 1. The number of anilines is 1. The molecule has 1 heterocycles. The third kappa shape index (κ3) is 1.82. The summed E-state index contributed by atoms with van der Waals surface area (Å²) in [4.78, 5) is 11.3. The molecule has 4 heteroatoms. The Morgan fingerprint density at radius 3 is 3.14 bits per heavy atom. The summed E-state index contributed by atoms with van der Waals surface area (Å²) >= 11 is 5.81. The molecule has 74 valence electrons. The molecule has 2 rings (SSSR count). The van der Waals surface area contributed by atoms with Crippen molar-refractivity contribution in [1.82, 2.24) is 0 Å². The first-order valence-electron chi connectivity index (χ1n) is 4.41. The van der Waals surface area contributed by atoms with Crippen LogP contribution >= 0.6 is 11.6 Å². The number of amides is 1. The average molecular weight is 212 g/mol. The van der Waals surface area contributed by atoms with Gasteiger partial charge in [-0.3, -0.25) is 4.79 Å². The highest BCUT2D eigenvalue weighted by atomic mass is 35.5. The Morgan fingerprint density at radius 1 is 1.57 bits per heavy atom. The van der Waals surface area contributed by atoms with E-state index in [2.05, 4.69) is 5.32 Å². The number of nitrogens with one attached hydrogen (secondary N) is 1. The number of hydrogen-bond acceptors (Lipinski definition) is 2. The second-order valence-electron chi connectivity index (χ2n) is 3.32. The van der Waals surface area contributed by atoms with Crippen LogP contribution in [0.25, 0.3) is 0 Å². The van der Waals surface area contributed by atoms with E-state index in [-0.39, 0.29) is 12.0 Å². The standard InChI is InChI=1S/C10H10ClNO2/c1-6-4-10(13)12-8-5-7(11)2-3-9(8)14-6/h2-3,5-6H,4H2,1H3,(H,12,13)/t6-/m1/s1. The van der Waals surface area contributed by atoms with Gasteiger partial charge in [0.2, 0.25) is 5.91 Å². The lowest BCUT2D eigenvalue weighted by atomic mass is 10.3. The first kappa shape index (κ1) is 9.34. The molecule has 0 saturated carbocycles. The number of rotatable bonds is 0. The Kier molecular flexibility index (Phi) is 2.33. The normalized spacial score (nSPS) is 20.4. The van der Waals surface area contributed by atoms with Crippen molar-refractivity contribution in [1.29, 1.82) is 0 Å². The van der Waals surface area contributed by atoms with Crippen molar-refractivity contribution >= 4 is 23.2 Å². The SMILES string of the molecule is C[C@@H]1CC(=O)Nc2cc(Cl)ccc2O1.